The van der Waals surface area contributed by atoms with Gasteiger partial charge in [0.15, 0.2) is 11.4 Å². The van der Waals surface area contributed by atoms with Crippen molar-refractivity contribution < 1.29 is 34.8 Å². The average molecular weight is 472 g/mol. The predicted octanol–water partition coefficient (Wildman–Crippen LogP) is -0.231. The van der Waals surface area contributed by atoms with E-state index in [2.05, 4.69) is 0 Å². The third-order valence-electron chi connectivity index (χ3n) is 7.21. The van der Waals surface area contributed by atoms with Crippen LogP contribution in [-0.4, -0.2) is 82.6 Å². The Kier molecular flexibility index (Phi) is 5.18. The number of carbonyl (C=O) groups is 3. The van der Waals surface area contributed by atoms with Gasteiger partial charge in [0.25, 0.3) is 5.91 Å². The summed E-state index contributed by atoms with van der Waals surface area (Å²) in [6.07, 6.45) is 0.236. The molecule has 0 spiro atoms. The number of rotatable bonds is 3. The summed E-state index contributed by atoms with van der Waals surface area (Å²) in [7, 11) is 6.68. The lowest BCUT2D eigenvalue weighted by molar-refractivity contribution is -0.148. The van der Waals surface area contributed by atoms with Gasteiger partial charge in [0, 0.05) is 31.3 Å². The molecule has 1 amide bonds. The van der Waals surface area contributed by atoms with Crippen molar-refractivity contribution >= 4 is 28.8 Å². The van der Waals surface area contributed by atoms with Gasteiger partial charge in [-0.25, -0.2) is 0 Å². The number of likely N-dealkylation sites (N-methyl/N-ethyl adjacent to an activating group) is 1. The van der Waals surface area contributed by atoms with Crippen LogP contribution in [0, 0.1) is 11.8 Å². The molecule has 3 aliphatic rings. The fourth-order valence-electron chi connectivity index (χ4n) is 5.72. The number of aliphatic hydroxyl groups excluding tert-OH is 2. The number of fused-ring (bicyclic) bond motifs is 3. The summed E-state index contributed by atoms with van der Waals surface area (Å²) in [6, 6.07) is 0.522. The highest BCUT2D eigenvalue weighted by molar-refractivity contribution is 6.25. The van der Waals surface area contributed by atoms with E-state index in [0.717, 1.165) is 0 Å². The zero-order valence-electron chi connectivity index (χ0n) is 19.3. The number of nitrogens with zero attached hydrogens (tertiary/aromatic N) is 2. The molecule has 0 bridgehead atoms. The van der Waals surface area contributed by atoms with Gasteiger partial charge in [-0.3, -0.25) is 19.3 Å². The molecule has 0 aromatic heterocycles. The fourth-order valence-corrected chi connectivity index (χ4v) is 5.72. The van der Waals surface area contributed by atoms with Gasteiger partial charge in [0.2, 0.25) is 5.78 Å². The minimum absolute atomic E-state index is 0.0315. The molecule has 0 aliphatic heterocycles. The first-order valence-corrected chi connectivity index (χ1v) is 10.7. The minimum atomic E-state index is -2.66. The Morgan fingerprint density at radius 2 is 1.76 bits per heavy atom. The average Bonchev–Trinajstić information content (AvgIpc) is 2.72. The number of carbonyl (C=O) groups excluding carboxylic acids is 3. The lowest BCUT2D eigenvalue weighted by Gasteiger charge is -2.50. The van der Waals surface area contributed by atoms with E-state index < -0.39 is 63.8 Å². The zero-order valence-corrected chi connectivity index (χ0v) is 19.3. The third-order valence-corrected chi connectivity index (χ3v) is 7.21. The second-order valence-electron chi connectivity index (χ2n) is 9.54. The highest BCUT2D eigenvalue weighted by Crippen LogP contribution is 2.53. The number of nitrogen functional groups attached to an aromatic ring is 1. The summed E-state index contributed by atoms with van der Waals surface area (Å²) in [5, 5.41) is 44.2. The third kappa shape index (κ3) is 2.86. The van der Waals surface area contributed by atoms with Crippen LogP contribution in [-0.2, 0) is 16.0 Å². The predicted molar refractivity (Wildman–Crippen MR) is 122 cm³/mol. The topological polar surface area (TPSA) is 191 Å². The number of benzene rings is 1. The smallest absolute Gasteiger partial charge is 0.255 e. The van der Waals surface area contributed by atoms with Crippen LogP contribution in [0.3, 0.4) is 0 Å². The molecule has 8 N–H and O–H groups in total. The molecular formula is C23H28N4O7. The van der Waals surface area contributed by atoms with Crippen molar-refractivity contribution in [1.29, 1.82) is 0 Å². The van der Waals surface area contributed by atoms with Gasteiger partial charge >= 0.3 is 0 Å². The first-order chi connectivity index (χ1) is 15.7. The molecule has 0 saturated carbocycles. The van der Waals surface area contributed by atoms with Crippen LogP contribution in [0.15, 0.2) is 28.7 Å². The van der Waals surface area contributed by atoms with Gasteiger partial charge in [-0.05, 0) is 44.5 Å². The van der Waals surface area contributed by atoms with Crippen molar-refractivity contribution in [1.82, 2.24) is 4.90 Å². The molecule has 1 aromatic carbocycles. The summed E-state index contributed by atoms with van der Waals surface area (Å²) in [4.78, 5) is 42.1. The molecule has 4 rings (SSSR count). The van der Waals surface area contributed by atoms with Crippen molar-refractivity contribution in [3.05, 3.63) is 39.9 Å². The number of phenolic OH excluding ortho intramolecular Hbond substituents is 1. The number of aliphatic hydroxyl groups is 3. The molecule has 11 nitrogen and oxygen atoms in total. The molecule has 0 fully saturated rings. The van der Waals surface area contributed by atoms with Crippen LogP contribution in [0.5, 0.6) is 5.75 Å². The quantitative estimate of drug-likeness (QED) is 0.195. The number of amides is 1. The molecule has 0 heterocycles. The maximum absolute atomic E-state index is 13.6. The molecule has 1 aromatic rings. The molecule has 11 heteroatoms. The Bertz CT molecular complexity index is 1220. The summed E-state index contributed by atoms with van der Waals surface area (Å²) in [5.74, 6) is -6.95. The normalized spacial score (nSPS) is 28.6. The summed E-state index contributed by atoms with van der Waals surface area (Å²) >= 11 is 0. The second-order valence-corrected chi connectivity index (χ2v) is 9.54. The highest BCUT2D eigenvalue weighted by Gasteiger charge is 2.63. The van der Waals surface area contributed by atoms with Crippen molar-refractivity contribution in [2.75, 3.05) is 38.8 Å². The van der Waals surface area contributed by atoms with Gasteiger partial charge in [-0.15, -0.1) is 0 Å². The van der Waals surface area contributed by atoms with E-state index in [-0.39, 0.29) is 29.7 Å². The number of ketones is 2. The highest BCUT2D eigenvalue weighted by atomic mass is 16.3. The number of hydrogen-bond donors (Lipinski definition) is 6. The standard InChI is InChI=1S/C23H28N4O7/c1-26(2)12-7-11(24)17(28)14-9(12)5-8-6-10-16(27(3)4)19(30)15(22(25)33)21(32)23(10,34)20(31)13(8)18(14)29/h7-8,10,16,28,30-31,34H,5-6,24H2,1-4H3,(H2,25,33)/t8-,10-,16?,23-/m0/s1. The minimum Gasteiger partial charge on any atom is -0.510 e. The molecule has 1 unspecified atom stereocenters. The number of allylic oxidation sites excluding steroid dienone is 1. The van der Waals surface area contributed by atoms with Crippen molar-refractivity contribution in [2.24, 2.45) is 17.6 Å². The van der Waals surface area contributed by atoms with Crippen LogP contribution in [0.2, 0.25) is 0 Å². The largest absolute Gasteiger partial charge is 0.510 e. The first kappa shape index (κ1) is 23.6. The molecule has 34 heavy (non-hydrogen) atoms. The van der Waals surface area contributed by atoms with E-state index in [1.165, 1.54) is 4.90 Å². The zero-order chi connectivity index (χ0) is 25.4. The molecule has 3 aliphatic carbocycles. The molecule has 182 valence electrons. The molecule has 0 saturated heterocycles. The van der Waals surface area contributed by atoms with Crippen LogP contribution in [0.4, 0.5) is 11.4 Å². The number of Topliss-reactive ketones (excluding diaryl/α,β-unsaturated/α-hetero) is 2. The lowest BCUT2D eigenvalue weighted by Crippen LogP contribution is -2.63. The number of anilines is 2. The number of primary amides is 1. The number of nitrogens with two attached hydrogens (primary N) is 2. The summed E-state index contributed by atoms with van der Waals surface area (Å²) in [6.45, 7) is 0. The number of hydrogen-bond acceptors (Lipinski definition) is 10. The Morgan fingerprint density at radius 1 is 1.15 bits per heavy atom. The van der Waals surface area contributed by atoms with Crippen LogP contribution >= 0.6 is 0 Å². The van der Waals surface area contributed by atoms with Crippen molar-refractivity contribution in [2.45, 2.75) is 24.5 Å². The molecule has 4 atom stereocenters. The van der Waals surface area contributed by atoms with Crippen LogP contribution < -0.4 is 16.4 Å². The second kappa shape index (κ2) is 7.47. The SMILES string of the molecule is CN(C)c1cc(N)c(O)c2c1C[C@H]1C[C@H]3C(N(C)C)C(O)=C(C(N)=O)C(=O)[C@@]3(O)C(O)=C1C2=O. The number of aromatic hydroxyl groups is 1. The van der Waals surface area contributed by atoms with Gasteiger partial charge in [0.05, 0.1) is 17.3 Å². The van der Waals surface area contributed by atoms with E-state index in [4.69, 9.17) is 11.5 Å². The summed E-state index contributed by atoms with van der Waals surface area (Å²) in [5.41, 5.74) is 8.51. The number of phenols is 1. The summed E-state index contributed by atoms with van der Waals surface area (Å²) < 4.78 is 0. The Balaban J connectivity index is 2.00. The lowest BCUT2D eigenvalue weighted by atomic mass is 9.58. The monoisotopic (exact) mass is 472 g/mol. The van der Waals surface area contributed by atoms with E-state index in [0.29, 0.717) is 11.3 Å². The van der Waals surface area contributed by atoms with Gasteiger partial charge in [0.1, 0.15) is 22.8 Å². The first-order valence-electron chi connectivity index (χ1n) is 10.7. The van der Waals surface area contributed by atoms with Crippen LogP contribution in [0.1, 0.15) is 22.3 Å². The van der Waals surface area contributed by atoms with Gasteiger partial charge in [-0.1, -0.05) is 0 Å². The van der Waals surface area contributed by atoms with E-state index >= 15 is 0 Å². The van der Waals surface area contributed by atoms with Gasteiger partial charge < -0.3 is 36.8 Å². The Hall–Kier alpha value is -3.57. The fraction of sp³-hybridized carbons (Fsp3) is 0.435. The van der Waals surface area contributed by atoms with E-state index in [9.17, 15) is 34.8 Å². The maximum atomic E-state index is 13.6. The van der Waals surface area contributed by atoms with Crippen LogP contribution in [0.25, 0.3) is 0 Å². The Morgan fingerprint density at radius 3 is 2.29 bits per heavy atom. The van der Waals surface area contributed by atoms with E-state index in [1.54, 1.807) is 39.2 Å². The van der Waals surface area contributed by atoms with Gasteiger partial charge in [-0.2, -0.15) is 0 Å². The van der Waals surface area contributed by atoms with Crippen molar-refractivity contribution in [3.63, 3.8) is 0 Å². The molecule has 0 radical (unpaired) electrons. The Labute approximate surface area is 195 Å². The maximum Gasteiger partial charge on any atom is 0.255 e. The molecular weight excluding hydrogens is 444 g/mol. The van der Waals surface area contributed by atoms with E-state index in [1.807, 2.05) is 0 Å². The van der Waals surface area contributed by atoms with Crippen molar-refractivity contribution in [3.8, 4) is 5.75 Å².